The Bertz CT molecular complexity index is 1730. The Hall–Kier alpha value is -2.86. The summed E-state index contributed by atoms with van der Waals surface area (Å²) in [5.74, 6) is 0.0395. The molecule has 0 bridgehead atoms. The van der Waals surface area contributed by atoms with Gasteiger partial charge in [-0.05, 0) is 85.6 Å². The maximum Gasteiger partial charge on any atom is 0.261 e. The lowest BCUT2D eigenvalue weighted by molar-refractivity contribution is 0.0949. The minimum absolute atomic E-state index is 0.0198. The summed E-state index contributed by atoms with van der Waals surface area (Å²) in [7, 11) is 0. The van der Waals surface area contributed by atoms with Gasteiger partial charge in [0, 0.05) is 61.9 Å². The van der Waals surface area contributed by atoms with Gasteiger partial charge in [-0.3, -0.25) is 9.59 Å². The number of hydrogen-bond acceptors (Lipinski definition) is 8. The Morgan fingerprint density at radius 2 is 0.682 bits per heavy atom. The van der Waals surface area contributed by atoms with Crippen molar-refractivity contribution in [3.8, 4) is 48.8 Å². The fraction of sp³-hybridized carbons (Fsp3) is 0.235. The zero-order valence-corrected chi connectivity index (χ0v) is 29.3. The Kier molecular flexibility index (Phi) is 10.3. The van der Waals surface area contributed by atoms with Crippen LogP contribution in [0, 0.1) is 0 Å². The number of unbranched alkanes of at least 4 members (excludes halogenated alkanes) is 2. The van der Waals surface area contributed by atoms with E-state index in [1.807, 2.05) is 34.8 Å². The highest BCUT2D eigenvalue weighted by Crippen LogP contribution is 2.45. The second-order valence-corrected chi connectivity index (χ2v) is 16.7. The van der Waals surface area contributed by atoms with Gasteiger partial charge in [0.25, 0.3) is 11.8 Å². The molecule has 0 spiro atoms. The van der Waals surface area contributed by atoms with Crippen LogP contribution in [0.4, 0.5) is 0 Å². The lowest BCUT2D eigenvalue weighted by Crippen LogP contribution is -2.23. The first-order valence-electron chi connectivity index (χ1n) is 14.7. The van der Waals surface area contributed by atoms with Crippen LogP contribution in [0.3, 0.4) is 0 Å². The lowest BCUT2D eigenvalue weighted by Gasteiger charge is -2.00. The van der Waals surface area contributed by atoms with Crippen LogP contribution in [0.5, 0.6) is 0 Å². The van der Waals surface area contributed by atoms with Gasteiger partial charge in [-0.1, -0.05) is 26.7 Å². The standard InChI is InChI=1S/C34H32N2O2S6/c1-3-5-19-35-33(37)31-17-15-29(43-31)27-13-11-25(41-27)23-9-7-21(39-23)22-8-10-24(40-22)26-12-14-28(42-26)30-16-18-32(44-30)34(38)36-20-6-4-2/h7-18H,3-6,19-20H2,1-2H3,(H,35,37)(H,36,38). The fourth-order valence-electron chi connectivity index (χ4n) is 4.53. The quantitative estimate of drug-likeness (QED) is 0.118. The topological polar surface area (TPSA) is 58.2 Å². The second kappa shape index (κ2) is 14.5. The first-order chi connectivity index (χ1) is 21.5. The monoisotopic (exact) mass is 692 g/mol. The second-order valence-electron chi connectivity index (χ2n) is 10.2. The summed E-state index contributed by atoms with van der Waals surface area (Å²) >= 11 is 10.3. The number of carbonyl (C=O) groups excluding carboxylic acids is 2. The molecule has 2 amide bonds. The summed E-state index contributed by atoms with van der Waals surface area (Å²) in [5.41, 5.74) is 0. The third-order valence-electron chi connectivity index (χ3n) is 6.93. The molecule has 6 aromatic heterocycles. The number of thiophene rings is 6. The highest BCUT2D eigenvalue weighted by molar-refractivity contribution is 7.30. The number of amides is 2. The van der Waals surface area contributed by atoms with Crippen molar-refractivity contribution < 1.29 is 9.59 Å². The van der Waals surface area contributed by atoms with Crippen LogP contribution in [0.25, 0.3) is 48.8 Å². The predicted octanol–water partition coefficient (Wildman–Crippen LogP) is 11.5. The van der Waals surface area contributed by atoms with Crippen LogP contribution < -0.4 is 10.6 Å². The van der Waals surface area contributed by atoms with E-state index in [0.29, 0.717) is 0 Å². The predicted molar refractivity (Wildman–Crippen MR) is 195 cm³/mol. The number of carbonyl (C=O) groups is 2. The smallest absolute Gasteiger partial charge is 0.261 e. The molecule has 0 aliphatic rings. The maximum absolute atomic E-state index is 12.4. The first kappa shape index (κ1) is 31.1. The molecule has 0 fully saturated rings. The zero-order chi connectivity index (χ0) is 30.5. The summed E-state index contributed by atoms with van der Waals surface area (Å²) in [6.07, 6.45) is 4.14. The average molecular weight is 693 g/mol. The van der Waals surface area contributed by atoms with Crippen molar-refractivity contribution in [1.29, 1.82) is 0 Å². The Morgan fingerprint density at radius 1 is 0.432 bits per heavy atom. The molecular formula is C34H32N2O2S6. The summed E-state index contributed by atoms with van der Waals surface area (Å²) in [4.78, 5) is 38.6. The Morgan fingerprint density at radius 3 is 0.955 bits per heavy atom. The van der Waals surface area contributed by atoms with Gasteiger partial charge < -0.3 is 10.6 Å². The van der Waals surface area contributed by atoms with Gasteiger partial charge in [-0.15, -0.1) is 68.0 Å². The van der Waals surface area contributed by atoms with Crippen LogP contribution in [0.2, 0.25) is 0 Å². The van der Waals surface area contributed by atoms with E-state index in [0.717, 1.165) is 58.3 Å². The molecule has 0 unspecified atom stereocenters. The molecular weight excluding hydrogens is 661 g/mol. The van der Waals surface area contributed by atoms with Crippen molar-refractivity contribution in [2.75, 3.05) is 13.1 Å². The third-order valence-corrected chi connectivity index (χ3v) is 14.4. The molecule has 0 saturated heterocycles. The van der Waals surface area contributed by atoms with Crippen LogP contribution in [-0.4, -0.2) is 24.9 Å². The van der Waals surface area contributed by atoms with Crippen molar-refractivity contribution in [1.82, 2.24) is 10.6 Å². The molecule has 6 rings (SSSR count). The van der Waals surface area contributed by atoms with Crippen molar-refractivity contribution in [2.24, 2.45) is 0 Å². The normalized spacial score (nSPS) is 11.2. The minimum Gasteiger partial charge on any atom is -0.351 e. The number of nitrogens with one attached hydrogen (secondary N) is 2. The molecule has 6 heterocycles. The number of hydrogen-bond donors (Lipinski definition) is 2. The first-order valence-corrected chi connectivity index (χ1v) is 19.6. The van der Waals surface area contributed by atoms with Crippen LogP contribution >= 0.6 is 68.0 Å². The summed E-state index contributed by atoms with van der Waals surface area (Å²) < 4.78 is 0. The molecule has 0 saturated carbocycles. The summed E-state index contributed by atoms with van der Waals surface area (Å²) in [6.45, 7) is 5.70. The molecule has 10 heteroatoms. The van der Waals surface area contributed by atoms with Gasteiger partial charge in [-0.2, -0.15) is 0 Å². The SMILES string of the molecule is CCCCNC(=O)c1ccc(-c2ccc(-c3ccc(-c4ccc(-c5ccc(-c6ccc(C(=O)NCCCC)s6)s5)s4)s3)s2)s1. The lowest BCUT2D eigenvalue weighted by atomic mass is 10.3. The molecule has 2 N–H and O–H groups in total. The van der Waals surface area contributed by atoms with E-state index in [9.17, 15) is 9.59 Å². The maximum atomic E-state index is 12.4. The molecule has 4 nitrogen and oxygen atoms in total. The van der Waals surface area contributed by atoms with E-state index in [-0.39, 0.29) is 11.8 Å². The van der Waals surface area contributed by atoms with Gasteiger partial charge in [0.05, 0.1) is 9.75 Å². The molecule has 0 aromatic carbocycles. The fourth-order valence-corrected chi connectivity index (χ4v) is 10.8. The van der Waals surface area contributed by atoms with Gasteiger partial charge >= 0.3 is 0 Å². The molecule has 0 aliphatic heterocycles. The van der Waals surface area contributed by atoms with Gasteiger partial charge in [0.1, 0.15) is 0 Å². The Labute approximate surface area is 282 Å². The van der Waals surface area contributed by atoms with Crippen molar-refractivity contribution in [2.45, 2.75) is 39.5 Å². The minimum atomic E-state index is 0.0198. The molecule has 6 aromatic rings. The molecule has 0 radical (unpaired) electrons. The largest absolute Gasteiger partial charge is 0.351 e. The third kappa shape index (κ3) is 7.17. The molecule has 0 atom stereocenters. The highest BCUT2D eigenvalue weighted by Gasteiger charge is 2.16. The van der Waals surface area contributed by atoms with Crippen molar-refractivity contribution in [3.05, 3.63) is 82.6 Å². The summed E-state index contributed by atoms with van der Waals surface area (Å²) in [6, 6.07) is 25.5. The van der Waals surface area contributed by atoms with E-state index in [1.165, 1.54) is 39.0 Å². The van der Waals surface area contributed by atoms with Crippen LogP contribution in [-0.2, 0) is 0 Å². The van der Waals surface area contributed by atoms with Gasteiger partial charge in [-0.25, -0.2) is 0 Å². The summed E-state index contributed by atoms with van der Waals surface area (Å²) in [5, 5.41) is 6.02. The highest BCUT2D eigenvalue weighted by atomic mass is 32.1. The van der Waals surface area contributed by atoms with Crippen LogP contribution in [0.1, 0.15) is 58.9 Å². The molecule has 226 valence electrons. The van der Waals surface area contributed by atoms with Crippen molar-refractivity contribution in [3.63, 3.8) is 0 Å². The van der Waals surface area contributed by atoms with E-state index in [4.69, 9.17) is 0 Å². The van der Waals surface area contributed by atoms with Gasteiger partial charge in [0.2, 0.25) is 0 Å². The van der Waals surface area contributed by atoms with E-state index in [2.05, 4.69) is 85.1 Å². The average Bonchev–Trinajstić information content (AvgIpc) is 3.87. The van der Waals surface area contributed by atoms with E-state index >= 15 is 0 Å². The zero-order valence-electron chi connectivity index (χ0n) is 24.4. The van der Waals surface area contributed by atoms with Crippen LogP contribution in [0.15, 0.2) is 72.8 Å². The van der Waals surface area contributed by atoms with Crippen molar-refractivity contribution >= 4 is 79.8 Å². The molecule has 44 heavy (non-hydrogen) atoms. The number of rotatable bonds is 13. The Balaban J connectivity index is 1.11. The van der Waals surface area contributed by atoms with E-state index in [1.54, 1.807) is 45.3 Å². The molecule has 0 aliphatic carbocycles. The van der Waals surface area contributed by atoms with Gasteiger partial charge in [0.15, 0.2) is 0 Å². The van der Waals surface area contributed by atoms with E-state index < -0.39 is 0 Å².